The minimum Gasteiger partial charge on any atom is -0.329 e. The Morgan fingerprint density at radius 2 is 2.31 bits per heavy atom. The van der Waals surface area contributed by atoms with Crippen molar-refractivity contribution in [2.45, 2.75) is 6.42 Å². The topological polar surface area (TPSA) is 58.7 Å². The molecule has 0 aromatic heterocycles. The number of hydrogen-bond donors (Lipinski definition) is 1. The quantitative estimate of drug-likeness (QED) is 0.817. The van der Waals surface area contributed by atoms with Gasteiger partial charge in [0.25, 0.3) is 0 Å². The molecule has 0 atom stereocenters. The van der Waals surface area contributed by atoms with E-state index in [0.29, 0.717) is 24.4 Å². The normalized spacial score (nSPS) is 15.5. The first-order valence-electron chi connectivity index (χ1n) is 5.04. The number of benzene rings is 1. The van der Waals surface area contributed by atoms with E-state index in [1.165, 1.54) is 17.1 Å². The zero-order chi connectivity index (χ0) is 11.5. The van der Waals surface area contributed by atoms with Crippen LogP contribution in [0.25, 0.3) is 0 Å². The van der Waals surface area contributed by atoms with Gasteiger partial charge in [0, 0.05) is 12.1 Å². The van der Waals surface area contributed by atoms with Crippen LogP contribution in [0, 0.1) is 5.82 Å². The van der Waals surface area contributed by atoms with Crippen molar-refractivity contribution in [3.63, 3.8) is 0 Å². The second-order valence-electron chi connectivity index (χ2n) is 3.54. The monoisotopic (exact) mass is 221 g/mol. The maximum Gasteiger partial charge on any atom is 0.248 e. The largest absolute Gasteiger partial charge is 0.329 e. The second-order valence-corrected chi connectivity index (χ2v) is 3.54. The van der Waals surface area contributed by atoms with Crippen molar-refractivity contribution < 1.29 is 9.18 Å². The van der Waals surface area contributed by atoms with E-state index in [9.17, 15) is 9.18 Å². The van der Waals surface area contributed by atoms with Crippen LogP contribution in [0.4, 0.5) is 4.39 Å². The lowest BCUT2D eigenvalue weighted by Crippen LogP contribution is -2.26. The van der Waals surface area contributed by atoms with Crippen LogP contribution in [0.5, 0.6) is 0 Å². The predicted molar refractivity (Wildman–Crippen MR) is 58.3 cm³/mol. The summed E-state index contributed by atoms with van der Waals surface area (Å²) in [5, 5.41) is 5.46. The highest BCUT2D eigenvalue weighted by atomic mass is 19.1. The van der Waals surface area contributed by atoms with Gasteiger partial charge in [-0.3, -0.25) is 4.79 Å². The number of hydrazone groups is 1. The number of nitrogens with zero attached hydrogens (tertiary/aromatic N) is 2. The van der Waals surface area contributed by atoms with Gasteiger partial charge in [-0.2, -0.15) is 5.10 Å². The van der Waals surface area contributed by atoms with Crippen LogP contribution in [-0.4, -0.2) is 29.7 Å². The molecule has 2 rings (SSSR count). The Balaban J connectivity index is 2.23. The molecule has 0 unspecified atom stereocenters. The minimum absolute atomic E-state index is 0.0929. The number of hydrogen-bond acceptors (Lipinski definition) is 3. The van der Waals surface area contributed by atoms with Crippen LogP contribution in [0.3, 0.4) is 0 Å². The molecule has 84 valence electrons. The molecule has 1 aliphatic rings. The van der Waals surface area contributed by atoms with Gasteiger partial charge in [0.05, 0.1) is 18.7 Å². The van der Waals surface area contributed by atoms with E-state index in [0.717, 1.165) is 0 Å². The molecule has 1 heterocycles. The number of nitrogens with two attached hydrogens (primary N) is 1. The fourth-order valence-electron chi connectivity index (χ4n) is 1.60. The summed E-state index contributed by atoms with van der Waals surface area (Å²) in [5.41, 5.74) is 6.60. The van der Waals surface area contributed by atoms with Crippen molar-refractivity contribution in [3.8, 4) is 0 Å². The van der Waals surface area contributed by atoms with Gasteiger partial charge < -0.3 is 5.73 Å². The first kappa shape index (κ1) is 10.8. The third kappa shape index (κ3) is 2.09. The van der Waals surface area contributed by atoms with E-state index >= 15 is 0 Å². The van der Waals surface area contributed by atoms with E-state index in [2.05, 4.69) is 5.10 Å². The van der Waals surface area contributed by atoms with Crippen molar-refractivity contribution in [2.24, 2.45) is 10.8 Å². The predicted octanol–water partition coefficient (Wildman–Crippen LogP) is 0.721. The molecule has 0 radical (unpaired) electrons. The standard InChI is InChI=1S/C11H12FN3O/c12-9-3-1-2-8(6-9)10-7-11(16)15(14-10)5-4-13/h1-3,6H,4-5,7,13H2. The van der Waals surface area contributed by atoms with Gasteiger partial charge in [0.2, 0.25) is 5.91 Å². The molecular formula is C11H12FN3O. The lowest BCUT2D eigenvalue weighted by atomic mass is 10.1. The number of amides is 1. The summed E-state index contributed by atoms with van der Waals surface area (Å²) >= 11 is 0. The maximum absolute atomic E-state index is 13.0. The third-order valence-corrected chi connectivity index (χ3v) is 2.35. The average molecular weight is 221 g/mol. The van der Waals surface area contributed by atoms with Gasteiger partial charge in [-0.25, -0.2) is 9.40 Å². The van der Waals surface area contributed by atoms with E-state index < -0.39 is 0 Å². The van der Waals surface area contributed by atoms with Crippen LogP contribution in [0.2, 0.25) is 0 Å². The molecule has 16 heavy (non-hydrogen) atoms. The Hall–Kier alpha value is -1.75. The first-order valence-corrected chi connectivity index (χ1v) is 5.04. The summed E-state index contributed by atoms with van der Waals surface area (Å²) in [7, 11) is 0. The maximum atomic E-state index is 13.0. The molecule has 0 fully saturated rings. The molecule has 0 aliphatic carbocycles. The third-order valence-electron chi connectivity index (χ3n) is 2.35. The first-order chi connectivity index (χ1) is 7.70. The van der Waals surface area contributed by atoms with Crippen molar-refractivity contribution in [3.05, 3.63) is 35.6 Å². The van der Waals surface area contributed by atoms with Gasteiger partial charge >= 0.3 is 0 Å². The van der Waals surface area contributed by atoms with E-state index in [4.69, 9.17) is 5.73 Å². The second kappa shape index (κ2) is 4.40. The Morgan fingerprint density at radius 3 is 3.00 bits per heavy atom. The van der Waals surface area contributed by atoms with E-state index in [-0.39, 0.29) is 18.1 Å². The van der Waals surface area contributed by atoms with Crippen molar-refractivity contribution in [2.75, 3.05) is 13.1 Å². The zero-order valence-electron chi connectivity index (χ0n) is 8.69. The van der Waals surface area contributed by atoms with Crippen molar-refractivity contribution in [1.82, 2.24) is 5.01 Å². The number of carbonyl (C=O) groups excluding carboxylic acids is 1. The SMILES string of the molecule is NCCN1N=C(c2cccc(F)c2)CC1=O. The van der Waals surface area contributed by atoms with Gasteiger partial charge in [0.15, 0.2) is 0 Å². The number of carbonyl (C=O) groups is 1. The molecule has 0 saturated heterocycles. The summed E-state index contributed by atoms with van der Waals surface area (Å²) in [6.45, 7) is 0.767. The Morgan fingerprint density at radius 1 is 1.50 bits per heavy atom. The summed E-state index contributed by atoms with van der Waals surface area (Å²) in [5.74, 6) is -0.422. The highest BCUT2D eigenvalue weighted by Crippen LogP contribution is 2.15. The molecular weight excluding hydrogens is 209 g/mol. The lowest BCUT2D eigenvalue weighted by Gasteiger charge is -2.08. The molecule has 1 aromatic carbocycles. The number of rotatable bonds is 3. The van der Waals surface area contributed by atoms with Gasteiger partial charge in [-0.1, -0.05) is 12.1 Å². The highest BCUT2D eigenvalue weighted by molar-refractivity contribution is 6.13. The van der Waals surface area contributed by atoms with Crippen LogP contribution in [-0.2, 0) is 4.79 Å². The fourth-order valence-corrected chi connectivity index (χ4v) is 1.60. The molecule has 4 nitrogen and oxygen atoms in total. The Bertz CT molecular complexity index is 445. The number of halogens is 1. The van der Waals surface area contributed by atoms with E-state index in [1.807, 2.05) is 0 Å². The molecule has 2 N–H and O–H groups in total. The Labute approximate surface area is 92.5 Å². The highest BCUT2D eigenvalue weighted by Gasteiger charge is 2.23. The summed E-state index contributed by atoms with van der Waals surface area (Å²) in [6, 6.07) is 6.07. The van der Waals surface area contributed by atoms with Crippen LogP contribution < -0.4 is 5.73 Å². The van der Waals surface area contributed by atoms with Crippen molar-refractivity contribution in [1.29, 1.82) is 0 Å². The molecule has 0 spiro atoms. The summed E-state index contributed by atoms with van der Waals surface area (Å²) in [4.78, 5) is 11.5. The van der Waals surface area contributed by atoms with Gasteiger partial charge in [-0.05, 0) is 12.1 Å². The molecule has 0 saturated carbocycles. The van der Waals surface area contributed by atoms with Crippen LogP contribution >= 0.6 is 0 Å². The van der Waals surface area contributed by atoms with Crippen molar-refractivity contribution >= 4 is 11.6 Å². The zero-order valence-corrected chi connectivity index (χ0v) is 8.69. The van der Waals surface area contributed by atoms with Gasteiger partial charge in [0.1, 0.15) is 5.82 Å². The molecule has 1 aliphatic heterocycles. The lowest BCUT2D eigenvalue weighted by molar-refractivity contribution is -0.128. The van der Waals surface area contributed by atoms with Gasteiger partial charge in [-0.15, -0.1) is 0 Å². The van der Waals surface area contributed by atoms with Crippen LogP contribution in [0.15, 0.2) is 29.4 Å². The molecule has 1 aromatic rings. The fraction of sp³-hybridized carbons (Fsp3) is 0.273. The molecule has 5 heteroatoms. The molecule has 1 amide bonds. The smallest absolute Gasteiger partial charge is 0.248 e. The van der Waals surface area contributed by atoms with Crippen LogP contribution in [0.1, 0.15) is 12.0 Å². The molecule has 0 bridgehead atoms. The summed E-state index contributed by atoms with van der Waals surface area (Å²) < 4.78 is 13.0. The summed E-state index contributed by atoms with van der Waals surface area (Å²) in [6.07, 6.45) is 0.212. The average Bonchev–Trinajstić information content (AvgIpc) is 2.61. The Kier molecular flexibility index (Phi) is 2.96. The minimum atomic E-state index is -0.329. The van der Waals surface area contributed by atoms with E-state index in [1.54, 1.807) is 12.1 Å².